The van der Waals surface area contributed by atoms with Crippen molar-refractivity contribution < 1.29 is 19.4 Å². The number of hydrogen-bond donors (Lipinski definition) is 1. The number of nitrogens with zero attached hydrogens (tertiary/aromatic N) is 2. The Morgan fingerprint density at radius 3 is 2.56 bits per heavy atom. The first-order valence-electron chi connectivity index (χ1n) is 6.27. The zero-order valence-corrected chi connectivity index (χ0v) is 10.9. The van der Waals surface area contributed by atoms with Crippen molar-refractivity contribution in [2.75, 3.05) is 33.3 Å². The zero-order valence-electron chi connectivity index (χ0n) is 10.9. The molecule has 1 atom stereocenters. The number of piperidine rings is 1. The Morgan fingerprint density at radius 2 is 2.00 bits per heavy atom. The summed E-state index contributed by atoms with van der Waals surface area (Å²) in [5.74, 6) is -1.22. The third-order valence-corrected chi connectivity index (χ3v) is 3.92. The number of carbonyl (C=O) groups is 2. The van der Waals surface area contributed by atoms with Crippen LogP contribution in [0.3, 0.4) is 0 Å². The molecule has 2 amide bonds. The molecule has 18 heavy (non-hydrogen) atoms. The highest BCUT2D eigenvalue weighted by Crippen LogP contribution is 2.26. The molecule has 2 aliphatic heterocycles. The van der Waals surface area contributed by atoms with Crippen molar-refractivity contribution >= 4 is 12.0 Å². The van der Waals surface area contributed by atoms with Crippen LogP contribution >= 0.6 is 0 Å². The summed E-state index contributed by atoms with van der Waals surface area (Å²) in [7, 11) is 1.66. The molecule has 0 aromatic heterocycles. The van der Waals surface area contributed by atoms with Crippen LogP contribution in [0.5, 0.6) is 0 Å². The fraction of sp³-hybridized carbons (Fsp3) is 0.833. The highest BCUT2D eigenvalue weighted by Gasteiger charge is 2.40. The van der Waals surface area contributed by atoms with Crippen LogP contribution in [0.1, 0.15) is 19.8 Å². The van der Waals surface area contributed by atoms with Crippen molar-refractivity contribution in [1.29, 1.82) is 0 Å². The lowest BCUT2D eigenvalue weighted by Gasteiger charge is -2.44. The van der Waals surface area contributed by atoms with E-state index in [9.17, 15) is 9.59 Å². The summed E-state index contributed by atoms with van der Waals surface area (Å²) >= 11 is 0. The first-order chi connectivity index (χ1) is 8.45. The van der Waals surface area contributed by atoms with Gasteiger partial charge < -0.3 is 19.6 Å². The van der Waals surface area contributed by atoms with Gasteiger partial charge in [-0.25, -0.2) is 4.79 Å². The van der Waals surface area contributed by atoms with E-state index in [1.807, 2.05) is 6.92 Å². The van der Waals surface area contributed by atoms with Crippen molar-refractivity contribution in [3.05, 3.63) is 0 Å². The van der Waals surface area contributed by atoms with E-state index in [0.29, 0.717) is 19.6 Å². The van der Waals surface area contributed by atoms with Gasteiger partial charge >= 0.3 is 12.0 Å². The minimum atomic E-state index is -0.820. The van der Waals surface area contributed by atoms with E-state index in [2.05, 4.69) is 0 Å². The van der Waals surface area contributed by atoms with E-state index in [0.717, 1.165) is 19.4 Å². The average molecular weight is 256 g/mol. The Bertz CT molecular complexity index is 354. The van der Waals surface area contributed by atoms with E-state index < -0.39 is 11.9 Å². The molecule has 6 nitrogen and oxygen atoms in total. The standard InChI is InChI=1S/C12H20N2O4/c1-12(18-2)4-3-5-13(8-12)11(17)14-6-9(7-14)10(15)16/h9H,3-8H2,1-2H3,(H,15,16). The normalized spacial score (nSPS) is 29.0. The van der Waals surface area contributed by atoms with Crippen LogP contribution in [0.25, 0.3) is 0 Å². The molecule has 0 bridgehead atoms. The number of ether oxygens (including phenoxy) is 1. The Morgan fingerprint density at radius 1 is 1.33 bits per heavy atom. The van der Waals surface area contributed by atoms with E-state index in [4.69, 9.17) is 9.84 Å². The lowest BCUT2D eigenvalue weighted by molar-refractivity contribution is -0.146. The molecular weight excluding hydrogens is 236 g/mol. The predicted octanol–water partition coefficient (Wildman–Crippen LogP) is 0.624. The molecule has 0 aromatic rings. The number of methoxy groups -OCH3 is 1. The number of amides is 2. The minimum absolute atomic E-state index is 0.0597. The van der Waals surface area contributed by atoms with Crippen molar-refractivity contribution in [1.82, 2.24) is 9.80 Å². The molecule has 1 N–H and O–H groups in total. The molecule has 2 saturated heterocycles. The first kappa shape index (κ1) is 13.1. The van der Waals surface area contributed by atoms with Gasteiger partial charge in [-0.05, 0) is 19.8 Å². The number of likely N-dealkylation sites (tertiary alicyclic amines) is 2. The third-order valence-electron chi connectivity index (χ3n) is 3.92. The van der Waals surface area contributed by atoms with Crippen LogP contribution < -0.4 is 0 Å². The van der Waals surface area contributed by atoms with Crippen molar-refractivity contribution in [3.63, 3.8) is 0 Å². The SMILES string of the molecule is COC1(C)CCCN(C(=O)N2CC(C(=O)O)C2)C1. The molecular formula is C12H20N2O4. The number of hydrogen-bond acceptors (Lipinski definition) is 3. The minimum Gasteiger partial charge on any atom is -0.481 e. The van der Waals surface area contributed by atoms with Gasteiger partial charge in [-0.2, -0.15) is 0 Å². The number of carboxylic acids is 1. The maximum atomic E-state index is 12.2. The summed E-state index contributed by atoms with van der Waals surface area (Å²) < 4.78 is 5.44. The molecule has 2 rings (SSSR count). The van der Waals surface area contributed by atoms with Crippen molar-refractivity contribution in [2.45, 2.75) is 25.4 Å². The molecule has 102 valence electrons. The summed E-state index contributed by atoms with van der Waals surface area (Å²) in [6, 6.07) is -0.0597. The maximum Gasteiger partial charge on any atom is 0.320 e. The maximum absolute atomic E-state index is 12.2. The van der Waals surface area contributed by atoms with Gasteiger partial charge in [0.1, 0.15) is 0 Å². The summed E-state index contributed by atoms with van der Waals surface area (Å²) in [6.45, 7) is 3.97. The molecule has 0 radical (unpaired) electrons. The second-order valence-electron chi connectivity index (χ2n) is 5.40. The number of carbonyl (C=O) groups excluding carboxylic acids is 1. The highest BCUT2D eigenvalue weighted by atomic mass is 16.5. The molecule has 0 aromatic carbocycles. The summed E-state index contributed by atoms with van der Waals surface area (Å²) in [5.41, 5.74) is -0.273. The Hall–Kier alpha value is -1.30. The van der Waals surface area contributed by atoms with E-state index >= 15 is 0 Å². The van der Waals surface area contributed by atoms with E-state index in [-0.39, 0.29) is 11.6 Å². The highest BCUT2D eigenvalue weighted by molar-refractivity contribution is 5.80. The molecule has 2 heterocycles. The first-order valence-corrected chi connectivity index (χ1v) is 6.27. The monoisotopic (exact) mass is 256 g/mol. The van der Waals surface area contributed by atoms with Crippen LogP contribution in [0.4, 0.5) is 4.79 Å². The van der Waals surface area contributed by atoms with Crippen LogP contribution in [-0.2, 0) is 9.53 Å². The smallest absolute Gasteiger partial charge is 0.320 e. The van der Waals surface area contributed by atoms with Crippen LogP contribution in [-0.4, -0.2) is 65.8 Å². The third kappa shape index (κ3) is 2.43. The number of aliphatic carboxylic acids is 1. The van der Waals surface area contributed by atoms with Crippen LogP contribution in [0.2, 0.25) is 0 Å². The fourth-order valence-electron chi connectivity index (χ4n) is 2.53. The van der Waals surface area contributed by atoms with Crippen LogP contribution in [0.15, 0.2) is 0 Å². The predicted molar refractivity (Wildman–Crippen MR) is 64.3 cm³/mol. The van der Waals surface area contributed by atoms with Crippen molar-refractivity contribution in [3.8, 4) is 0 Å². The zero-order chi connectivity index (χ0) is 13.3. The van der Waals surface area contributed by atoms with Gasteiger partial charge in [0.15, 0.2) is 0 Å². The quantitative estimate of drug-likeness (QED) is 0.786. The van der Waals surface area contributed by atoms with Gasteiger partial charge in [-0.3, -0.25) is 4.79 Å². The van der Waals surface area contributed by atoms with Gasteiger partial charge in [0.2, 0.25) is 0 Å². The summed E-state index contributed by atoms with van der Waals surface area (Å²) in [6.07, 6.45) is 1.87. The Labute approximate surface area is 106 Å². The lowest BCUT2D eigenvalue weighted by atomic mass is 9.94. The molecule has 0 aliphatic carbocycles. The molecule has 1 unspecified atom stereocenters. The summed E-state index contributed by atoms with van der Waals surface area (Å²) in [4.78, 5) is 26.2. The molecule has 0 spiro atoms. The Kier molecular flexibility index (Phi) is 3.47. The van der Waals surface area contributed by atoms with Gasteiger partial charge in [0.25, 0.3) is 0 Å². The van der Waals surface area contributed by atoms with Gasteiger partial charge in [-0.1, -0.05) is 0 Å². The number of urea groups is 1. The van der Waals surface area contributed by atoms with Crippen molar-refractivity contribution in [2.24, 2.45) is 5.92 Å². The number of rotatable bonds is 2. The largest absolute Gasteiger partial charge is 0.481 e. The molecule has 6 heteroatoms. The topological polar surface area (TPSA) is 70.1 Å². The molecule has 2 aliphatic rings. The van der Waals surface area contributed by atoms with E-state index in [1.165, 1.54) is 0 Å². The number of carboxylic acid groups (broad SMARTS) is 1. The average Bonchev–Trinajstić information content (AvgIpc) is 2.26. The van der Waals surface area contributed by atoms with E-state index in [1.54, 1.807) is 16.9 Å². The Balaban J connectivity index is 1.89. The van der Waals surface area contributed by atoms with Gasteiger partial charge in [0.05, 0.1) is 18.1 Å². The fourth-order valence-corrected chi connectivity index (χ4v) is 2.53. The van der Waals surface area contributed by atoms with Gasteiger partial charge in [-0.15, -0.1) is 0 Å². The molecule has 2 fully saturated rings. The lowest BCUT2D eigenvalue weighted by Crippen LogP contribution is -2.60. The van der Waals surface area contributed by atoms with Crippen LogP contribution in [0, 0.1) is 5.92 Å². The molecule has 0 saturated carbocycles. The van der Waals surface area contributed by atoms with Gasteiger partial charge in [0, 0.05) is 26.7 Å². The second kappa shape index (κ2) is 4.76. The summed E-state index contributed by atoms with van der Waals surface area (Å²) in [5, 5.41) is 8.79. The second-order valence-corrected chi connectivity index (χ2v) is 5.40.